The first-order valence-corrected chi connectivity index (χ1v) is 6.19. The lowest BCUT2D eigenvalue weighted by Gasteiger charge is -2.16. The highest BCUT2D eigenvalue weighted by Crippen LogP contribution is 2.05. The van der Waals surface area contributed by atoms with E-state index in [-0.39, 0.29) is 6.42 Å². The summed E-state index contributed by atoms with van der Waals surface area (Å²) in [5.41, 5.74) is 0. The summed E-state index contributed by atoms with van der Waals surface area (Å²) < 4.78 is 0. The zero-order valence-electron chi connectivity index (χ0n) is 10.4. The van der Waals surface area contributed by atoms with Crippen LogP contribution in [0.15, 0.2) is 0 Å². The van der Waals surface area contributed by atoms with Crippen LogP contribution < -0.4 is 5.32 Å². The van der Waals surface area contributed by atoms with Crippen molar-refractivity contribution >= 4 is 5.97 Å². The van der Waals surface area contributed by atoms with Crippen molar-refractivity contribution in [1.82, 2.24) is 5.32 Å². The van der Waals surface area contributed by atoms with Crippen LogP contribution in [0.4, 0.5) is 0 Å². The monoisotopic (exact) mass is 231 g/mol. The molecular formula is C12H25NO3. The van der Waals surface area contributed by atoms with Gasteiger partial charge in [0.1, 0.15) is 0 Å². The van der Waals surface area contributed by atoms with Crippen molar-refractivity contribution in [2.24, 2.45) is 0 Å². The molecule has 16 heavy (non-hydrogen) atoms. The Balaban J connectivity index is 3.41. The Morgan fingerprint density at radius 1 is 1.31 bits per heavy atom. The summed E-state index contributed by atoms with van der Waals surface area (Å²) in [5, 5.41) is 20.9. The van der Waals surface area contributed by atoms with Crippen LogP contribution in [0.2, 0.25) is 0 Å². The van der Waals surface area contributed by atoms with Crippen LogP contribution in [0.3, 0.4) is 0 Å². The number of nitrogens with one attached hydrogen (secondary N) is 1. The minimum atomic E-state index is -0.954. The van der Waals surface area contributed by atoms with Gasteiger partial charge in [-0.25, -0.2) is 0 Å². The molecule has 0 spiro atoms. The van der Waals surface area contributed by atoms with Crippen molar-refractivity contribution in [3.8, 4) is 0 Å². The fraction of sp³-hybridized carbons (Fsp3) is 0.917. The third-order valence-corrected chi connectivity index (χ3v) is 2.60. The Hall–Kier alpha value is -0.610. The Morgan fingerprint density at radius 2 is 2.00 bits per heavy atom. The molecule has 0 amide bonds. The molecule has 96 valence electrons. The number of aliphatic hydroxyl groups is 1. The standard InChI is InChI=1S/C12H25NO3/c1-3-4-5-6-7-10(2)13-9-11(14)8-12(15)16/h10-11,13-14H,3-9H2,1-2H3,(H,15,16). The SMILES string of the molecule is CCCCCCC(C)NCC(O)CC(=O)O. The molecule has 0 aliphatic carbocycles. The van der Waals surface area contributed by atoms with Gasteiger partial charge in [-0.3, -0.25) is 4.79 Å². The molecule has 0 aliphatic heterocycles. The number of carboxylic acids is 1. The normalized spacial score (nSPS) is 14.7. The summed E-state index contributed by atoms with van der Waals surface area (Å²) in [6.07, 6.45) is 5.07. The maximum atomic E-state index is 10.3. The average Bonchev–Trinajstić information content (AvgIpc) is 2.20. The summed E-state index contributed by atoms with van der Waals surface area (Å²) in [6, 6.07) is 0.348. The second-order valence-electron chi connectivity index (χ2n) is 4.41. The van der Waals surface area contributed by atoms with Gasteiger partial charge < -0.3 is 15.5 Å². The number of hydrogen-bond acceptors (Lipinski definition) is 3. The number of carbonyl (C=O) groups is 1. The van der Waals surface area contributed by atoms with E-state index < -0.39 is 12.1 Å². The molecule has 0 aromatic carbocycles. The predicted molar refractivity (Wildman–Crippen MR) is 64.5 cm³/mol. The van der Waals surface area contributed by atoms with E-state index in [4.69, 9.17) is 5.11 Å². The molecule has 0 aromatic heterocycles. The third kappa shape index (κ3) is 9.93. The van der Waals surface area contributed by atoms with Crippen LogP contribution >= 0.6 is 0 Å². The highest BCUT2D eigenvalue weighted by molar-refractivity contribution is 5.67. The molecule has 0 saturated heterocycles. The fourth-order valence-corrected chi connectivity index (χ4v) is 1.59. The average molecular weight is 231 g/mol. The smallest absolute Gasteiger partial charge is 0.306 e. The van der Waals surface area contributed by atoms with E-state index in [1.165, 1.54) is 25.7 Å². The summed E-state index contributed by atoms with van der Waals surface area (Å²) >= 11 is 0. The van der Waals surface area contributed by atoms with Gasteiger partial charge >= 0.3 is 5.97 Å². The predicted octanol–water partition coefficient (Wildman–Crippen LogP) is 1.77. The van der Waals surface area contributed by atoms with Crippen molar-refractivity contribution in [3.05, 3.63) is 0 Å². The quantitative estimate of drug-likeness (QED) is 0.501. The number of carboxylic acid groups (broad SMARTS) is 1. The van der Waals surface area contributed by atoms with Crippen LogP contribution in [-0.2, 0) is 4.79 Å². The molecule has 0 aromatic rings. The van der Waals surface area contributed by atoms with Crippen LogP contribution in [0, 0.1) is 0 Å². The lowest BCUT2D eigenvalue weighted by molar-refractivity contribution is -0.139. The van der Waals surface area contributed by atoms with Crippen LogP contribution in [0.25, 0.3) is 0 Å². The Labute approximate surface area is 98.1 Å². The zero-order chi connectivity index (χ0) is 12.4. The molecule has 0 heterocycles. The summed E-state index contributed by atoms with van der Waals surface area (Å²) in [5.74, 6) is -0.954. The lowest BCUT2D eigenvalue weighted by atomic mass is 10.1. The molecule has 0 fully saturated rings. The molecule has 4 nitrogen and oxygen atoms in total. The minimum Gasteiger partial charge on any atom is -0.481 e. The molecule has 0 bridgehead atoms. The molecule has 2 atom stereocenters. The van der Waals surface area contributed by atoms with Crippen LogP contribution in [0.1, 0.15) is 52.4 Å². The van der Waals surface area contributed by atoms with Gasteiger partial charge in [0.05, 0.1) is 12.5 Å². The fourth-order valence-electron chi connectivity index (χ4n) is 1.59. The van der Waals surface area contributed by atoms with E-state index in [9.17, 15) is 9.90 Å². The van der Waals surface area contributed by atoms with Gasteiger partial charge in [0.2, 0.25) is 0 Å². The first-order chi connectivity index (χ1) is 7.56. The zero-order valence-corrected chi connectivity index (χ0v) is 10.4. The number of aliphatic carboxylic acids is 1. The molecule has 0 saturated carbocycles. The van der Waals surface area contributed by atoms with E-state index in [0.29, 0.717) is 12.6 Å². The molecule has 0 radical (unpaired) electrons. The van der Waals surface area contributed by atoms with Crippen LogP contribution in [0.5, 0.6) is 0 Å². The summed E-state index contributed by atoms with van der Waals surface area (Å²) in [4.78, 5) is 10.3. The molecule has 3 N–H and O–H groups in total. The van der Waals surface area contributed by atoms with Gasteiger partial charge in [0.15, 0.2) is 0 Å². The van der Waals surface area contributed by atoms with E-state index in [1.54, 1.807) is 0 Å². The Morgan fingerprint density at radius 3 is 2.56 bits per heavy atom. The largest absolute Gasteiger partial charge is 0.481 e. The van der Waals surface area contributed by atoms with Gasteiger partial charge in [-0.05, 0) is 13.3 Å². The first-order valence-electron chi connectivity index (χ1n) is 6.19. The number of unbranched alkanes of at least 4 members (excludes halogenated alkanes) is 3. The van der Waals surface area contributed by atoms with Crippen molar-refractivity contribution in [1.29, 1.82) is 0 Å². The molecule has 2 unspecified atom stereocenters. The lowest BCUT2D eigenvalue weighted by Crippen LogP contribution is -2.34. The maximum Gasteiger partial charge on any atom is 0.306 e. The molecule has 0 rings (SSSR count). The van der Waals surface area contributed by atoms with E-state index in [1.807, 2.05) is 0 Å². The highest BCUT2D eigenvalue weighted by atomic mass is 16.4. The Bertz CT molecular complexity index is 185. The van der Waals surface area contributed by atoms with Crippen molar-refractivity contribution in [2.45, 2.75) is 64.5 Å². The van der Waals surface area contributed by atoms with Gasteiger partial charge in [-0.1, -0.05) is 32.6 Å². The second kappa shape index (κ2) is 9.60. The van der Waals surface area contributed by atoms with Crippen molar-refractivity contribution in [3.63, 3.8) is 0 Å². The first kappa shape index (κ1) is 15.4. The second-order valence-corrected chi connectivity index (χ2v) is 4.41. The van der Waals surface area contributed by atoms with Gasteiger partial charge in [-0.15, -0.1) is 0 Å². The van der Waals surface area contributed by atoms with Crippen molar-refractivity contribution in [2.75, 3.05) is 6.54 Å². The number of rotatable bonds is 10. The minimum absolute atomic E-state index is 0.185. The molecular weight excluding hydrogens is 206 g/mol. The van der Waals surface area contributed by atoms with E-state index in [0.717, 1.165) is 6.42 Å². The van der Waals surface area contributed by atoms with Gasteiger partial charge in [0.25, 0.3) is 0 Å². The van der Waals surface area contributed by atoms with Gasteiger partial charge in [-0.2, -0.15) is 0 Å². The van der Waals surface area contributed by atoms with Gasteiger partial charge in [0, 0.05) is 12.6 Å². The molecule has 4 heteroatoms. The third-order valence-electron chi connectivity index (χ3n) is 2.60. The van der Waals surface area contributed by atoms with E-state index in [2.05, 4.69) is 19.2 Å². The topological polar surface area (TPSA) is 69.6 Å². The molecule has 0 aliphatic rings. The Kier molecular flexibility index (Phi) is 9.24. The van der Waals surface area contributed by atoms with Crippen molar-refractivity contribution < 1.29 is 15.0 Å². The maximum absolute atomic E-state index is 10.3. The summed E-state index contributed by atoms with van der Waals surface area (Å²) in [6.45, 7) is 4.62. The van der Waals surface area contributed by atoms with Crippen LogP contribution in [-0.4, -0.2) is 34.9 Å². The number of aliphatic hydroxyl groups excluding tert-OH is 1. The number of hydrogen-bond donors (Lipinski definition) is 3. The van der Waals surface area contributed by atoms with E-state index >= 15 is 0 Å². The summed E-state index contributed by atoms with van der Waals surface area (Å²) in [7, 11) is 0. The highest BCUT2D eigenvalue weighted by Gasteiger charge is 2.10.